The van der Waals surface area contributed by atoms with Crippen LogP contribution in [0.5, 0.6) is 0 Å². The third-order valence-corrected chi connectivity index (χ3v) is 5.37. The molecule has 3 aromatic rings. The smallest absolute Gasteiger partial charge is 0.251 e. The molecule has 152 valence electrons. The van der Waals surface area contributed by atoms with Gasteiger partial charge in [-0.2, -0.15) is 0 Å². The number of aromatic amines is 1. The largest absolute Gasteiger partial charge is 0.361 e. The van der Waals surface area contributed by atoms with Crippen molar-refractivity contribution in [3.8, 4) is 0 Å². The number of carbonyl (C=O) groups is 2. The molecule has 2 amide bonds. The van der Waals surface area contributed by atoms with Crippen LogP contribution in [0.4, 0.5) is 5.69 Å². The van der Waals surface area contributed by atoms with E-state index in [-0.39, 0.29) is 17.7 Å². The van der Waals surface area contributed by atoms with Gasteiger partial charge >= 0.3 is 0 Å². The van der Waals surface area contributed by atoms with Gasteiger partial charge < -0.3 is 15.6 Å². The van der Waals surface area contributed by atoms with E-state index in [1.165, 1.54) is 16.5 Å². The van der Waals surface area contributed by atoms with Crippen molar-refractivity contribution in [3.63, 3.8) is 0 Å². The molecule has 1 heterocycles. The summed E-state index contributed by atoms with van der Waals surface area (Å²) in [6.45, 7) is 6.67. The van der Waals surface area contributed by atoms with Gasteiger partial charge in [0.1, 0.15) is 0 Å². The van der Waals surface area contributed by atoms with Crippen molar-refractivity contribution in [1.29, 1.82) is 0 Å². The lowest BCUT2D eigenvalue weighted by Crippen LogP contribution is -2.25. The van der Waals surface area contributed by atoms with Crippen LogP contribution in [0.15, 0.2) is 48.7 Å². The highest BCUT2D eigenvalue weighted by Crippen LogP contribution is 2.20. The van der Waals surface area contributed by atoms with E-state index in [9.17, 15) is 9.59 Å². The molecule has 0 unspecified atom stereocenters. The highest BCUT2D eigenvalue weighted by Gasteiger charge is 2.14. The van der Waals surface area contributed by atoms with Crippen LogP contribution in [0.1, 0.15) is 48.2 Å². The molecule has 0 aliphatic rings. The summed E-state index contributed by atoms with van der Waals surface area (Å²) in [6.07, 6.45) is 4.41. The summed E-state index contributed by atoms with van der Waals surface area (Å²) in [7, 11) is 0. The normalized spacial score (nSPS) is 11.0. The average Bonchev–Trinajstić information content (AvgIpc) is 3.11. The van der Waals surface area contributed by atoms with Gasteiger partial charge in [0, 0.05) is 40.8 Å². The number of nitrogens with one attached hydrogen (secondary N) is 3. The van der Waals surface area contributed by atoms with E-state index in [1.54, 1.807) is 24.3 Å². The summed E-state index contributed by atoms with van der Waals surface area (Å²) in [5.41, 5.74) is 4.83. The Morgan fingerprint density at radius 3 is 2.45 bits per heavy atom. The first kappa shape index (κ1) is 20.6. The van der Waals surface area contributed by atoms with E-state index in [1.807, 2.05) is 20.0 Å². The standard InChI is InChI=1S/C24H29N3O2/c1-4-17(5-2)24(29)27-20-9-7-18(8-10-20)23(28)25-13-12-19-15-26-22-11-6-16(3)14-21(19)22/h6-11,14-15,17,26H,4-5,12-13H2,1-3H3,(H,25,28)(H,27,29). The minimum atomic E-state index is -0.112. The zero-order valence-electron chi connectivity index (χ0n) is 17.3. The van der Waals surface area contributed by atoms with Gasteiger partial charge in [-0.15, -0.1) is 0 Å². The molecule has 3 rings (SSSR count). The van der Waals surface area contributed by atoms with Crippen LogP contribution < -0.4 is 10.6 Å². The number of aromatic nitrogens is 1. The van der Waals surface area contributed by atoms with E-state index in [4.69, 9.17) is 0 Å². The monoisotopic (exact) mass is 391 g/mol. The molecule has 5 nitrogen and oxygen atoms in total. The molecular weight excluding hydrogens is 362 g/mol. The molecular formula is C24H29N3O2. The Morgan fingerprint density at radius 1 is 1.03 bits per heavy atom. The Hall–Kier alpha value is -3.08. The van der Waals surface area contributed by atoms with Gasteiger partial charge in [-0.3, -0.25) is 9.59 Å². The van der Waals surface area contributed by atoms with Crippen LogP contribution in [-0.2, 0) is 11.2 Å². The zero-order valence-corrected chi connectivity index (χ0v) is 17.3. The first-order chi connectivity index (χ1) is 14.0. The average molecular weight is 392 g/mol. The molecule has 0 saturated heterocycles. The quantitative estimate of drug-likeness (QED) is 0.515. The number of rotatable bonds is 8. The number of amides is 2. The molecule has 0 radical (unpaired) electrons. The molecule has 0 fully saturated rings. The van der Waals surface area contributed by atoms with Crippen LogP contribution in [0, 0.1) is 12.8 Å². The lowest BCUT2D eigenvalue weighted by atomic mass is 10.0. The summed E-state index contributed by atoms with van der Waals surface area (Å²) in [4.78, 5) is 27.9. The minimum absolute atomic E-state index is 0.0197. The van der Waals surface area contributed by atoms with Gasteiger partial charge in [-0.1, -0.05) is 25.5 Å². The number of hydrogen-bond donors (Lipinski definition) is 3. The lowest BCUT2D eigenvalue weighted by molar-refractivity contribution is -0.120. The third kappa shape index (κ3) is 5.05. The van der Waals surface area contributed by atoms with Crippen LogP contribution in [0.3, 0.4) is 0 Å². The summed E-state index contributed by atoms with van der Waals surface area (Å²) in [5.74, 6) is -0.0636. The molecule has 0 spiro atoms. The first-order valence-corrected chi connectivity index (χ1v) is 10.3. The fraction of sp³-hybridized carbons (Fsp3) is 0.333. The molecule has 5 heteroatoms. The molecule has 2 aromatic carbocycles. The summed E-state index contributed by atoms with van der Waals surface area (Å²) < 4.78 is 0. The van der Waals surface area contributed by atoms with Gasteiger partial charge in [-0.05, 0) is 68.1 Å². The van der Waals surface area contributed by atoms with Crippen molar-refractivity contribution in [1.82, 2.24) is 10.3 Å². The highest BCUT2D eigenvalue weighted by atomic mass is 16.2. The Labute approximate surface area is 171 Å². The van der Waals surface area contributed by atoms with Gasteiger partial charge in [0.2, 0.25) is 5.91 Å². The number of fused-ring (bicyclic) bond motifs is 1. The minimum Gasteiger partial charge on any atom is -0.361 e. The van der Waals surface area contributed by atoms with Crippen molar-refractivity contribution in [2.45, 2.75) is 40.0 Å². The SMILES string of the molecule is CCC(CC)C(=O)Nc1ccc(C(=O)NCCc2c[nH]c3ccc(C)cc23)cc1. The predicted molar refractivity (Wildman–Crippen MR) is 118 cm³/mol. The third-order valence-electron chi connectivity index (χ3n) is 5.37. The summed E-state index contributed by atoms with van der Waals surface area (Å²) in [5, 5.41) is 7.10. The number of H-pyrrole nitrogens is 1. The van der Waals surface area contributed by atoms with Crippen LogP contribution in [0.2, 0.25) is 0 Å². The number of anilines is 1. The van der Waals surface area contributed by atoms with Crippen molar-refractivity contribution >= 4 is 28.4 Å². The second-order valence-corrected chi connectivity index (χ2v) is 7.45. The van der Waals surface area contributed by atoms with Crippen LogP contribution in [0.25, 0.3) is 10.9 Å². The molecule has 0 saturated carbocycles. The molecule has 0 aliphatic heterocycles. The maximum atomic E-state index is 12.4. The van der Waals surface area contributed by atoms with Gasteiger partial charge in [0.15, 0.2) is 0 Å². The Kier molecular flexibility index (Phi) is 6.70. The Bertz CT molecular complexity index is 985. The number of carbonyl (C=O) groups excluding carboxylic acids is 2. The topological polar surface area (TPSA) is 74.0 Å². The van der Waals surface area contributed by atoms with Gasteiger partial charge in [0.25, 0.3) is 5.91 Å². The number of benzene rings is 2. The van der Waals surface area contributed by atoms with E-state index in [0.717, 1.165) is 24.8 Å². The number of aryl methyl sites for hydroxylation is 1. The first-order valence-electron chi connectivity index (χ1n) is 10.3. The maximum absolute atomic E-state index is 12.4. The predicted octanol–water partition coefficient (Wildman–Crippen LogP) is 4.82. The van der Waals surface area contributed by atoms with Crippen molar-refractivity contribution in [2.24, 2.45) is 5.92 Å². The fourth-order valence-electron chi connectivity index (χ4n) is 3.52. The highest BCUT2D eigenvalue weighted by molar-refractivity contribution is 5.96. The lowest BCUT2D eigenvalue weighted by Gasteiger charge is -2.13. The molecule has 29 heavy (non-hydrogen) atoms. The second kappa shape index (κ2) is 9.41. The van der Waals surface area contributed by atoms with E-state index >= 15 is 0 Å². The zero-order chi connectivity index (χ0) is 20.8. The molecule has 0 aliphatic carbocycles. The Balaban J connectivity index is 1.54. The van der Waals surface area contributed by atoms with Crippen molar-refractivity contribution in [2.75, 3.05) is 11.9 Å². The number of hydrogen-bond acceptors (Lipinski definition) is 2. The van der Waals surface area contributed by atoms with Gasteiger partial charge in [0.05, 0.1) is 0 Å². The van der Waals surface area contributed by atoms with Gasteiger partial charge in [-0.25, -0.2) is 0 Å². The van der Waals surface area contributed by atoms with E-state index < -0.39 is 0 Å². The van der Waals surface area contributed by atoms with Crippen molar-refractivity contribution in [3.05, 3.63) is 65.4 Å². The molecule has 3 N–H and O–H groups in total. The Morgan fingerprint density at radius 2 is 1.76 bits per heavy atom. The molecule has 0 atom stereocenters. The van der Waals surface area contributed by atoms with Crippen molar-refractivity contribution < 1.29 is 9.59 Å². The second-order valence-electron chi connectivity index (χ2n) is 7.45. The summed E-state index contributed by atoms with van der Waals surface area (Å²) in [6, 6.07) is 13.4. The molecule has 0 bridgehead atoms. The summed E-state index contributed by atoms with van der Waals surface area (Å²) >= 11 is 0. The fourth-order valence-corrected chi connectivity index (χ4v) is 3.52. The van der Waals surface area contributed by atoms with E-state index in [2.05, 4.69) is 40.7 Å². The van der Waals surface area contributed by atoms with Crippen LogP contribution in [-0.4, -0.2) is 23.3 Å². The van der Waals surface area contributed by atoms with E-state index in [0.29, 0.717) is 17.8 Å². The van der Waals surface area contributed by atoms with Crippen LogP contribution >= 0.6 is 0 Å². The molecule has 1 aromatic heterocycles. The maximum Gasteiger partial charge on any atom is 0.251 e.